The van der Waals surface area contributed by atoms with Crippen molar-refractivity contribution in [3.8, 4) is 0 Å². The van der Waals surface area contributed by atoms with E-state index >= 15 is 0 Å². The summed E-state index contributed by atoms with van der Waals surface area (Å²) in [5, 5.41) is 0. The van der Waals surface area contributed by atoms with Gasteiger partial charge in [0.25, 0.3) is 0 Å². The molecule has 0 rings (SSSR count). The van der Waals surface area contributed by atoms with Gasteiger partial charge in [-0.15, -0.1) is 0 Å². The van der Waals surface area contributed by atoms with E-state index in [4.69, 9.17) is 4.52 Å². The molecule has 0 saturated carbocycles. The summed E-state index contributed by atoms with van der Waals surface area (Å²) in [5.41, 5.74) is 0. The zero-order chi connectivity index (χ0) is 9.94. The average Bonchev–Trinajstić information content (AvgIpc) is 2.11. The lowest BCUT2D eigenvalue weighted by Gasteiger charge is -2.06. The van der Waals surface area contributed by atoms with Gasteiger partial charge in [0.05, 0.1) is 6.10 Å². The van der Waals surface area contributed by atoms with Crippen LogP contribution < -0.4 is 0 Å². The van der Waals surface area contributed by atoms with Gasteiger partial charge in [-0.1, -0.05) is 45.4 Å². The van der Waals surface area contributed by atoms with Crippen LogP contribution in [0.5, 0.6) is 0 Å². The lowest BCUT2D eigenvalue weighted by atomic mass is 10.1. The Bertz CT molecular complexity index is 117. The van der Waals surface area contributed by atoms with Crippen LogP contribution in [0.15, 0.2) is 0 Å². The van der Waals surface area contributed by atoms with E-state index in [1.54, 1.807) is 0 Å². The predicted octanol–water partition coefficient (Wildman–Crippen LogP) is 4.35. The van der Waals surface area contributed by atoms with Crippen LogP contribution in [-0.4, -0.2) is 6.10 Å². The third kappa shape index (κ3) is 9.98. The molecule has 0 aromatic rings. The maximum absolute atomic E-state index is 10.1. The first-order chi connectivity index (χ1) is 6.31. The van der Waals surface area contributed by atoms with E-state index in [1.165, 1.54) is 38.5 Å². The van der Waals surface area contributed by atoms with Gasteiger partial charge in [0.15, 0.2) is 0 Å². The van der Waals surface area contributed by atoms with Gasteiger partial charge in [-0.25, -0.2) is 4.57 Å². The van der Waals surface area contributed by atoms with E-state index in [-0.39, 0.29) is 14.8 Å². The van der Waals surface area contributed by atoms with Gasteiger partial charge in [0, 0.05) is 0 Å². The van der Waals surface area contributed by atoms with Crippen LogP contribution in [0.3, 0.4) is 0 Å². The van der Waals surface area contributed by atoms with Crippen LogP contribution in [0.25, 0.3) is 0 Å². The maximum Gasteiger partial charge on any atom is 0.327 e. The van der Waals surface area contributed by atoms with Gasteiger partial charge in [0.2, 0.25) is 0 Å². The highest BCUT2D eigenvalue weighted by Crippen LogP contribution is 2.12. The molecule has 2 nitrogen and oxygen atoms in total. The normalized spacial score (nSPS) is 13.4. The zero-order valence-electron chi connectivity index (χ0n) is 8.79. The molecule has 0 aliphatic rings. The van der Waals surface area contributed by atoms with Crippen LogP contribution in [0.1, 0.15) is 58.8 Å². The third-order valence-electron chi connectivity index (χ3n) is 2.19. The summed E-state index contributed by atoms with van der Waals surface area (Å²) in [5.74, 6) is 0. The molecule has 1 unspecified atom stereocenters. The monoisotopic (exact) mass is 204 g/mol. The maximum atomic E-state index is 10.1. The van der Waals surface area contributed by atoms with E-state index in [0.29, 0.717) is 0 Å². The highest BCUT2D eigenvalue weighted by atomic mass is 31.1. The summed E-state index contributed by atoms with van der Waals surface area (Å²) >= 11 is 0. The number of unbranched alkanes of at least 4 members (excludes halogenated alkanes) is 5. The zero-order valence-corrected chi connectivity index (χ0v) is 9.69. The van der Waals surface area contributed by atoms with Crippen LogP contribution in [0.2, 0.25) is 0 Å². The Labute approximate surface area is 83.3 Å². The van der Waals surface area contributed by atoms with Crippen molar-refractivity contribution in [2.75, 3.05) is 0 Å². The van der Waals surface area contributed by atoms with Gasteiger partial charge in [-0.3, -0.25) is 4.52 Å². The quantitative estimate of drug-likeness (QED) is 0.412. The lowest BCUT2D eigenvalue weighted by molar-refractivity contribution is 0.228. The Hall–Kier alpha value is 0.0600. The minimum Gasteiger partial charge on any atom is -0.291 e. The van der Waals surface area contributed by atoms with Crippen molar-refractivity contribution < 1.29 is 9.09 Å². The molecule has 1 atom stereocenters. The second kappa shape index (κ2) is 10.1. The van der Waals surface area contributed by atoms with Crippen LogP contribution in [-0.2, 0) is 9.09 Å². The molecular weight excluding hydrogens is 183 g/mol. The second-order valence-electron chi connectivity index (χ2n) is 3.55. The average molecular weight is 204 g/mol. The summed E-state index contributed by atoms with van der Waals surface area (Å²) in [6.45, 7) is 4.19. The topological polar surface area (TPSA) is 26.3 Å². The standard InChI is InChI=1S/C10H21O2P/c1-3-4-5-6-7-8-9-10(2)12-13-11/h10H,3-9H2,1-2H3. The molecule has 0 saturated heterocycles. The number of hydrogen-bond acceptors (Lipinski definition) is 2. The first-order valence-corrected chi connectivity index (χ1v) is 6.02. The van der Waals surface area contributed by atoms with Crippen molar-refractivity contribution in [1.82, 2.24) is 0 Å². The van der Waals surface area contributed by atoms with Crippen molar-refractivity contribution in [3.63, 3.8) is 0 Å². The molecule has 3 heteroatoms. The van der Waals surface area contributed by atoms with E-state index in [1.807, 2.05) is 6.92 Å². The molecule has 78 valence electrons. The Morgan fingerprint density at radius 2 is 1.77 bits per heavy atom. The van der Waals surface area contributed by atoms with Crippen LogP contribution in [0, 0.1) is 0 Å². The molecule has 0 aliphatic carbocycles. The Morgan fingerprint density at radius 1 is 1.15 bits per heavy atom. The van der Waals surface area contributed by atoms with Gasteiger partial charge < -0.3 is 0 Å². The summed E-state index contributed by atoms with van der Waals surface area (Å²) in [4.78, 5) is 0. The minimum atomic E-state index is -0.184. The van der Waals surface area contributed by atoms with Gasteiger partial charge in [0.1, 0.15) is 0 Å². The van der Waals surface area contributed by atoms with Crippen LogP contribution in [0.4, 0.5) is 0 Å². The molecule has 0 radical (unpaired) electrons. The molecule has 0 fully saturated rings. The molecule has 0 amide bonds. The molecule has 0 aliphatic heterocycles. The molecule has 13 heavy (non-hydrogen) atoms. The highest BCUT2D eigenvalue weighted by Gasteiger charge is 2.00. The van der Waals surface area contributed by atoms with Crippen molar-refractivity contribution in [1.29, 1.82) is 0 Å². The molecule has 0 heterocycles. The number of rotatable bonds is 9. The van der Waals surface area contributed by atoms with Crippen molar-refractivity contribution >= 4 is 8.69 Å². The first-order valence-electron chi connectivity index (χ1n) is 5.29. The molecule has 0 aromatic carbocycles. The number of hydrogen-bond donors (Lipinski definition) is 0. The van der Waals surface area contributed by atoms with Crippen molar-refractivity contribution in [3.05, 3.63) is 0 Å². The minimum absolute atomic E-state index is 0.144. The highest BCUT2D eigenvalue weighted by molar-refractivity contribution is 7.17. The van der Waals surface area contributed by atoms with Gasteiger partial charge in [-0.2, -0.15) is 0 Å². The van der Waals surface area contributed by atoms with E-state index in [2.05, 4.69) is 6.92 Å². The molecule has 0 aromatic heterocycles. The SMILES string of the molecule is CCCCCCCCC(C)OP=O. The Morgan fingerprint density at radius 3 is 2.38 bits per heavy atom. The lowest BCUT2D eigenvalue weighted by Crippen LogP contribution is -2.00. The fourth-order valence-corrected chi connectivity index (χ4v) is 1.59. The first kappa shape index (κ1) is 13.1. The Kier molecular flexibility index (Phi) is 10.2. The fraction of sp³-hybridized carbons (Fsp3) is 1.00. The van der Waals surface area contributed by atoms with Crippen LogP contribution >= 0.6 is 8.69 Å². The predicted molar refractivity (Wildman–Crippen MR) is 56.1 cm³/mol. The summed E-state index contributed by atoms with van der Waals surface area (Å²) < 4.78 is 15.0. The van der Waals surface area contributed by atoms with E-state index in [9.17, 15) is 4.57 Å². The van der Waals surface area contributed by atoms with Gasteiger partial charge >= 0.3 is 8.69 Å². The van der Waals surface area contributed by atoms with Crippen molar-refractivity contribution in [2.45, 2.75) is 64.9 Å². The molecule has 0 spiro atoms. The molecule has 0 bridgehead atoms. The van der Waals surface area contributed by atoms with Crippen molar-refractivity contribution in [2.24, 2.45) is 0 Å². The van der Waals surface area contributed by atoms with E-state index in [0.717, 1.165) is 6.42 Å². The second-order valence-corrected chi connectivity index (χ2v) is 3.91. The summed E-state index contributed by atoms with van der Waals surface area (Å²) in [7, 11) is -0.184. The molecule has 0 N–H and O–H groups in total. The summed E-state index contributed by atoms with van der Waals surface area (Å²) in [6.07, 6.45) is 8.98. The van der Waals surface area contributed by atoms with Gasteiger partial charge in [-0.05, 0) is 13.3 Å². The Balaban J connectivity index is 3.01. The smallest absolute Gasteiger partial charge is 0.291 e. The van der Waals surface area contributed by atoms with E-state index < -0.39 is 0 Å². The summed E-state index contributed by atoms with van der Waals surface area (Å²) in [6, 6.07) is 0. The largest absolute Gasteiger partial charge is 0.327 e. The molecular formula is C10H21O2P. The fourth-order valence-electron chi connectivity index (χ4n) is 1.34. The third-order valence-corrected chi connectivity index (χ3v) is 2.63.